The zero-order valence-electron chi connectivity index (χ0n) is 13.9. The Balaban J connectivity index is 1.68. The Morgan fingerprint density at radius 1 is 1.12 bits per heavy atom. The van der Waals surface area contributed by atoms with Crippen LogP contribution >= 0.6 is 11.8 Å². The van der Waals surface area contributed by atoms with Crippen LogP contribution in [0.15, 0.2) is 64.7 Å². The number of halogens is 1. The molecule has 2 aromatic carbocycles. The highest BCUT2D eigenvalue weighted by atomic mass is 32.2. The smallest absolute Gasteiger partial charge is 0.262 e. The number of hydrogen-bond acceptors (Lipinski definition) is 4. The van der Waals surface area contributed by atoms with E-state index in [2.05, 4.69) is 39.3 Å². The molecule has 0 fully saturated rings. The summed E-state index contributed by atoms with van der Waals surface area (Å²) in [5.41, 5.74) is 3.21. The summed E-state index contributed by atoms with van der Waals surface area (Å²) in [5, 5.41) is 5.15. The number of H-pyrrole nitrogens is 1. The molecule has 0 atom stereocenters. The molecule has 0 aliphatic carbocycles. The first-order valence-electron chi connectivity index (χ1n) is 8.02. The van der Waals surface area contributed by atoms with Gasteiger partial charge >= 0.3 is 0 Å². The number of aromatic nitrogens is 4. The third-order valence-corrected chi connectivity index (χ3v) is 4.93. The lowest BCUT2D eigenvalue weighted by molar-refractivity contribution is 0.627. The number of benzene rings is 2. The normalized spacial score (nSPS) is 11.2. The largest absolute Gasteiger partial charge is 0.301 e. The maximum Gasteiger partial charge on any atom is 0.262 e. The molecule has 0 aliphatic rings. The SMILES string of the molecule is Cc1ccc(CSc2nc3c(cnn3-c3ccc(F)cc3)c(=O)[nH]2)cc1. The minimum atomic E-state index is -0.328. The van der Waals surface area contributed by atoms with Crippen LogP contribution in [0.2, 0.25) is 0 Å². The molecule has 0 radical (unpaired) electrons. The van der Waals surface area contributed by atoms with E-state index in [0.29, 0.717) is 27.6 Å². The highest BCUT2D eigenvalue weighted by molar-refractivity contribution is 7.98. The number of nitrogens with zero attached hydrogens (tertiary/aromatic N) is 3. The summed E-state index contributed by atoms with van der Waals surface area (Å²) in [4.78, 5) is 19.7. The number of aromatic amines is 1. The van der Waals surface area contributed by atoms with Gasteiger partial charge in [-0.15, -0.1) is 0 Å². The summed E-state index contributed by atoms with van der Waals surface area (Å²) in [5.74, 6) is 0.365. The Labute approximate surface area is 152 Å². The van der Waals surface area contributed by atoms with Crippen LogP contribution in [-0.2, 0) is 5.75 Å². The predicted octanol–water partition coefficient (Wildman–Crippen LogP) is 3.85. The Morgan fingerprint density at radius 3 is 2.58 bits per heavy atom. The Kier molecular flexibility index (Phi) is 4.30. The molecule has 0 unspecified atom stereocenters. The van der Waals surface area contributed by atoms with Gasteiger partial charge in [-0.3, -0.25) is 4.79 Å². The summed E-state index contributed by atoms with van der Waals surface area (Å²) < 4.78 is 14.7. The van der Waals surface area contributed by atoms with Gasteiger partial charge in [0.25, 0.3) is 5.56 Å². The van der Waals surface area contributed by atoms with Gasteiger partial charge < -0.3 is 4.98 Å². The summed E-state index contributed by atoms with van der Waals surface area (Å²) in [6, 6.07) is 14.1. The molecule has 4 rings (SSSR count). The molecule has 7 heteroatoms. The first-order chi connectivity index (χ1) is 12.6. The molecule has 130 valence electrons. The van der Waals surface area contributed by atoms with Crippen LogP contribution in [0.4, 0.5) is 4.39 Å². The van der Waals surface area contributed by atoms with E-state index >= 15 is 0 Å². The van der Waals surface area contributed by atoms with Crippen LogP contribution in [0.5, 0.6) is 0 Å². The average molecular weight is 366 g/mol. The molecule has 0 amide bonds. The maximum absolute atomic E-state index is 13.2. The fourth-order valence-electron chi connectivity index (χ4n) is 2.57. The number of rotatable bonds is 4. The van der Waals surface area contributed by atoms with Crippen molar-refractivity contribution in [2.75, 3.05) is 0 Å². The maximum atomic E-state index is 13.2. The standard InChI is InChI=1S/C19H15FN4OS/c1-12-2-4-13(5-3-12)11-26-19-22-17-16(18(25)23-19)10-21-24(17)15-8-6-14(20)7-9-15/h2-10H,11H2,1H3,(H,22,23,25). The van der Waals surface area contributed by atoms with Gasteiger partial charge in [0.1, 0.15) is 11.2 Å². The number of aryl methyl sites for hydroxylation is 1. The first-order valence-corrected chi connectivity index (χ1v) is 9.01. The van der Waals surface area contributed by atoms with E-state index < -0.39 is 0 Å². The molecule has 0 saturated carbocycles. The van der Waals surface area contributed by atoms with Gasteiger partial charge in [0.2, 0.25) is 0 Å². The van der Waals surface area contributed by atoms with Gasteiger partial charge in [-0.1, -0.05) is 41.6 Å². The predicted molar refractivity (Wildman–Crippen MR) is 100 cm³/mol. The van der Waals surface area contributed by atoms with Crippen LogP contribution < -0.4 is 5.56 Å². The second-order valence-electron chi connectivity index (χ2n) is 5.92. The van der Waals surface area contributed by atoms with Crippen LogP contribution in [0.25, 0.3) is 16.7 Å². The highest BCUT2D eigenvalue weighted by Gasteiger charge is 2.12. The fourth-order valence-corrected chi connectivity index (χ4v) is 3.39. The molecule has 26 heavy (non-hydrogen) atoms. The Morgan fingerprint density at radius 2 is 1.85 bits per heavy atom. The molecule has 2 heterocycles. The molecular weight excluding hydrogens is 351 g/mol. The minimum absolute atomic E-state index is 0.241. The first kappa shape index (κ1) is 16.5. The molecule has 5 nitrogen and oxygen atoms in total. The third kappa shape index (κ3) is 3.25. The molecular formula is C19H15FN4OS. The van der Waals surface area contributed by atoms with Crippen molar-refractivity contribution in [2.24, 2.45) is 0 Å². The van der Waals surface area contributed by atoms with Crippen molar-refractivity contribution in [1.82, 2.24) is 19.7 Å². The summed E-state index contributed by atoms with van der Waals surface area (Å²) >= 11 is 1.45. The number of nitrogens with one attached hydrogen (secondary N) is 1. The molecule has 4 aromatic rings. The number of fused-ring (bicyclic) bond motifs is 1. The van der Waals surface area contributed by atoms with Gasteiger partial charge in [-0.25, -0.2) is 14.1 Å². The lowest BCUT2D eigenvalue weighted by Crippen LogP contribution is -2.09. The van der Waals surface area contributed by atoms with Crippen LogP contribution in [-0.4, -0.2) is 19.7 Å². The van der Waals surface area contributed by atoms with Crippen molar-refractivity contribution >= 4 is 22.8 Å². The van der Waals surface area contributed by atoms with Crippen LogP contribution in [0.3, 0.4) is 0 Å². The van der Waals surface area contributed by atoms with E-state index in [-0.39, 0.29) is 11.4 Å². The third-order valence-electron chi connectivity index (χ3n) is 3.98. The molecule has 2 aromatic heterocycles. The fraction of sp³-hybridized carbons (Fsp3) is 0.105. The minimum Gasteiger partial charge on any atom is -0.301 e. The Bertz CT molecular complexity index is 1120. The van der Waals surface area contributed by atoms with E-state index in [4.69, 9.17) is 0 Å². The summed E-state index contributed by atoms with van der Waals surface area (Å²) in [6.45, 7) is 2.04. The summed E-state index contributed by atoms with van der Waals surface area (Å²) in [7, 11) is 0. The van der Waals surface area contributed by atoms with Crippen molar-refractivity contribution < 1.29 is 4.39 Å². The second kappa shape index (κ2) is 6.76. The van der Waals surface area contributed by atoms with E-state index in [0.717, 1.165) is 5.56 Å². The average Bonchev–Trinajstić information content (AvgIpc) is 3.06. The zero-order chi connectivity index (χ0) is 18.1. The van der Waals surface area contributed by atoms with Gasteiger partial charge in [0, 0.05) is 5.75 Å². The van der Waals surface area contributed by atoms with Gasteiger partial charge in [-0.2, -0.15) is 5.10 Å². The Hall–Kier alpha value is -2.93. The number of thioether (sulfide) groups is 1. The molecule has 0 aliphatic heterocycles. The van der Waals surface area contributed by atoms with Crippen LogP contribution in [0.1, 0.15) is 11.1 Å². The quantitative estimate of drug-likeness (QED) is 0.440. The lowest BCUT2D eigenvalue weighted by Gasteiger charge is -2.05. The van der Waals surface area contributed by atoms with Crippen molar-refractivity contribution in [3.63, 3.8) is 0 Å². The molecule has 0 saturated heterocycles. The molecule has 0 bridgehead atoms. The molecule has 0 spiro atoms. The van der Waals surface area contributed by atoms with E-state index in [1.165, 1.54) is 35.7 Å². The van der Waals surface area contributed by atoms with E-state index in [9.17, 15) is 9.18 Å². The topological polar surface area (TPSA) is 63.6 Å². The van der Waals surface area contributed by atoms with Gasteiger partial charge in [0.05, 0.1) is 11.9 Å². The van der Waals surface area contributed by atoms with E-state index in [1.807, 2.05) is 6.92 Å². The monoisotopic (exact) mass is 366 g/mol. The van der Waals surface area contributed by atoms with Gasteiger partial charge in [-0.05, 0) is 36.8 Å². The second-order valence-corrected chi connectivity index (χ2v) is 6.88. The highest BCUT2D eigenvalue weighted by Crippen LogP contribution is 2.21. The van der Waals surface area contributed by atoms with Crippen molar-refractivity contribution in [3.05, 3.63) is 82.0 Å². The lowest BCUT2D eigenvalue weighted by atomic mass is 10.2. The van der Waals surface area contributed by atoms with Gasteiger partial charge in [0.15, 0.2) is 10.8 Å². The van der Waals surface area contributed by atoms with Crippen molar-refractivity contribution in [3.8, 4) is 5.69 Å². The zero-order valence-corrected chi connectivity index (χ0v) is 14.8. The van der Waals surface area contributed by atoms with Crippen molar-refractivity contribution in [1.29, 1.82) is 0 Å². The van der Waals surface area contributed by atoms with Crippen molar-refractivity contribution in [2.45, 2.75) is 17.8 Å². The number of hydrogen-bond donors (Lipinski definition) is 1. The van der Waals surface area contributed by atoms with E-state index in [1.54, 1.807) is 16.8 Å². The van der Waals surface area contributed by atoms with Crippen LogP contribution in [0, 0.1) is 12.7 Å². The molecule has 1 N–H and O–H groups in total. The summed E-state index contributed by atoms with van der Waals surface area (Å²) in [6.07, 6.45) is 1.47.